The molecule has 1 unspecified atom stereocenters. The predicted molar refractivity (Wildman–Crippen MR) is 72.2 cm³/mol. The van der Waals surface area contributed by atoms with Crippen LogP contribution in [0.3, 0.4) is 0 Å². The summed E-state index contributed by atoms with van der Waals surface area (Å²) in [6.45, 7) is 4.58. The Labute approximate surface area is 103 Å². The average molecular weight is 231 g/mol. The van der Waals surface area contributed by atoms with E-state index in [-0.39, 0.29) is 0 Å². The fourth-order valence-electron chi connectivity index (χ4n) is 2.69. The highest BCUT2D eigenvalue weighted by molar-refractivity contribution is 5.59. The third-order valence-electron chi connectivity index (χ3n) is 3.90. The molecule has 1 atom stereocenters. The first kappa shape index (κ1) is 10.9. The van der Waals surface area contributed by atoms with Crippen molar-refractivity contribution in [3.63, 3.8) is 0 Å². The molecule has 3 heteroatoms. The minimum atomic E-state index is 0.594. The van der Waals surface area contributed by atoms with E-state index in [1.807, 2.05) is 6.07 Å². The SMILES string of the molecule is Cc1ccc(N)cc1NC1CCN(C2CC2)C1. The van der Waals surface area contributed by atoms with Crippen molar-refractivity contribution in [1.29, 1.82) is 0 Å². The lowest BCUT2D eigenvalue weighted by Gasteiger charge is -2.18. The Morgan fingerprint density at radius 3 is 2.88 bits per heavy atom. The number of benzene rings is 1. The second kappa shape index (κ2) is 4.22. The minimum absolute atomic E-state index is 0.594. The second-order valence-corrected chi connectivity index (χ2v) is 5.43. The van der Waals surface area contributed by atoms with Crippen LogP contribution in [0.15, 0.2) is 18.2 Å². The first-order valence-electron chi connectivity index (χ1n) is 6.59. The van der Waals surface area contributed by atoms with Crippen LogP contribution in [0.25, 0.3) is 0 Å². The van der Waals surface area contributed by atoms with Gasteiger partial charge in [-0.3, -0.25) is 4.90 Å². The van der Waals surface area contributed by atoms with Gasteiger partial charge in [0.15, 0.2) is 0 Å². The van der Waals surface area contributed by atoms with Crippen LogP contribution in [0.5, 0.6) is 0 Å². The van der Waals surface area contributed by atoms with Crippen molar-refractivity contribution < 1.29 is 0 Å². The first-order chi connectivity index (χ1) is 8.22. The molecule has 2 aliphatic rings. The molecule has 0 radical (unpaired) electrons. The molecule has 2 fully saturated rings. The Kier molecular flexibility index (Phi) is 2.71. The molecule has 0 spiro atoms. The van der Waals surface area contributed by atoms with Crippen molar-refractivity contribution >= 4 is 11.4 Å². The maximum absolute atomic E-state index is 5.84. The molecule has 1 aliphatic heterocycles. The van der Waals surface area contributed by atoms with Crippen molar-refractivity contribution in [2.75, 3.05) is 24.1 Å². The number of aryl methyl sites for hydroxylation is 1. The molecule has 0 amide bonds. The number of likely N-dealkylation sites (tertiary alicyclic amines) is 1. The van der Waals surface area contributed by atoms with Gasteiger partial charge in [0.2, 0.25) is 0 Å². The molecule has 1 saturated carbocycles. The number of rotatable bonds is 3. The number of nitrogens with one attached hydrogen (secondary N) is 1. The summed E-state index contributed by atoms with van der Waals surface area (Å²) in [4.78, 5) is 2.62. The Hall–Kier alpha value is -1.22. The van der Waals surface area contributed by atoms with Crippen LogP contribution in [-0.4, -0.2) is 30.1 Å². The highest BCUT2D eigenvalue weighted by atomic mass is 15.2. The fraction of sp³-hybridized carbons (Fsp3) is 0.571. The van der Waals surface area contributed by atoms with Crippen molar-refractivity contribution in [2.45, 2.75) is 38.3 Å². The van der Waals surface area contributed by atoms with Gasteiger partial charge in [0.05, 0.1) is 0 Å². The van der Waals surface area contributed by atoms with E-state index >= 15 is 0 Å². The van der Waals surface area contributed by atoms with Crippen LogP contribution in [0, 0.1) is 6.92 Å². The zero-order valence-corrected chi connectivity index (χ0v) is 10.4. The predicted octanol–water partition coefficient (Wildman–Crippen LogP) is 2.23. The zero-order valence-electron chi connectivity index (χ0n) is 10.4. The lowest BCUT2D eigenvalue weighted by atomic mass is 10.1. The summed E-state index contributed by atoms with van der Waals surface area (Å²) in [5, 5.41) is 3.64. The maximum atomic E-state index is 5.84. The molecule has 3 N–H and O–H groups in total. The quantitative estimate of drug-likeness (QED) is 0.784. The van der Waals surface area contributed by atoms with E-state index in [4.69, 9.17) is 5.73 Å². The monoisotopic (exact) mass is 231 g/mol. The van der Waals surface area contributed by atoms with Crippen LogP contribution in [-0.2, 0) is 0 Å². The standard InChI is InChI=1S/C14H21N3/c1-10-2-3-11(15)8-14(10)16-12-6-7-17(9-12)13-4-5-13/h2-3,8,12-13,16H,4-7,9,15H2,1H3. The van der Waals surface area contributed by atoms with Gasteiger partial charge in [-0.2, -0.15) is 0 Å². The molecule has 0 bridgehead atoms. The summed E-state index contributed by atoms with van der Waals surface area (Å²) < 4.78 is 0. The van der Waals surface area contributed by atoms with Gasteiger partial charge in [-0.25, -0.2) is 0 Å². The van der Waals surface area contributed by atoms with Gasteiger partial charge < -0.3 is 11.1 Å². The van der Waals surface area contributed by atoms with Crippen LogP contribution in [0.4, 0.5) is 11.4 Å². The summed E-state index contributed by atoms with van der Waals surface area (Å²) in [5.41, 5.74) is 9.16. The molecule has 1 aromatic carbocycles. The summed E-state index contributed by atoms with van der Waals surface area (Å²) in [7, 11) is 0. The summed E-state index contributed by atoms with van der Waals surface area (Å²) >= 11 is 0. The highest BCUT2D eigenvalue weighted by Gasteiger charge is 2.34. The van der Waals surface area contributed by atoms with Gasteiger partial charge in [-0.05, 0) is 43.9 Å². The third kappa shape index (κ3) is 2.39. The third-order valence-corrected chi connectivity index (χ3v) is 3.90. The number of nitrogens with two attached hydrogens (primary N) is 1. The van der Waals surface area contributed by atoms with E-state index in [2.05, 4.69) is 29.3 Å². The molecule has 1 heterocycles. The van der Waals surface area contributed by atoms with Crippen LogP contribution >= 0.6 is 0 Å². The lowest BCUT2D eigenvalue weighted by Crippen LogP contribution is -2.27. The maximum Gasteiger partial charge on any atom is 0.0400 e. The lowest BCUT2D eigenvalue weighted by molar-refractivity contribution is 0.326. The Morgan fingerprint density at radius 1 is 1.29 bits per heavy atom. The molecule has 0 aromatic heterocycles. The van der Waals surface area contributed by atoms with E-state index in [0.717, 1.165) is 11.7 Å². The van der Waals surface area contributed by atoms with Gasteiger partial charge in [0.1, 0.15) is 0 Å². The Morgan fingerprint density at radius 2 is 2.12 bits per heavy atom. The zero-order chi connectivity index (χ0) is 11.8. The molecule has 1 aliphatic carbocycles. The molecule has 17 heavy (non-hydrogen) atoms. The molecular weight excluding hydrogens is 210 g/mol. The molecule has 1 saturated heterocycles. The molecular formula is C14H21N3. The highest BCUT2D eigenvalue weighted by Crippen LogP contribution is 2.31. The van der Waals surface area contributed by atoms with Crippen LogP contribution in [0.2, 0.25) is 0 Å². The molecule has 3 rings (SSSR count). The van der Waals surface area contributed by atoms with Gasteiger partial charge in [0.25, 0.3) is 0 Å². The average Bonchev–Trinajstić information content (AvgIpc) is 3.05. The van der Waals surface area contributed by atoms with Crippen LogP contribution < -0.4 is 11.1 Å². The number of nitrogens with zero attached hydrogens (tertiary/aromatic N) is 1. The normalized spacial score (nSPS) is 25.1. The minimum Gasteiger partial charge on any atom is -0.399 e. The largest absolute Gasteiger partial charge is 0.399 e. The Balaban J connectivity index is 1.64. The molecule has 1 aromatic rings. The van der Waals surface area contributed by atoms with E-state index in [1.165, 1.54) is 43.6 Å². The van der Waals surface area contributed by atoms with E-state index in [1.54, 1.807) is 0 Å². The van der Waals surface area contributed by atoms with Crippen LogP contribution in [0.1, 0.15) is 24.8 Å². The van der Waals surface area contributed by atoms with Crippen molar-refractivity contribution in [1.82, 2.24) is 4.90 Å². The van der Waals surface area contributed by atoms with Gasteiger partial charge in [-0.15, -0.1) is 0 Å². The van der Waals surface area contributed by atoms with Gasteiger partial charge in [-0.1, -0.05) is 6.07 Å². The smallest absolute Gasteiger partial charge is 0.0400 e. The van der Waals surface area contributed by atoms with Crippen molar-refractivity contribution in [3.8, 4) is 0 Å². The first-order valence-corrected chi connectivity index (χ1v) is 6.59. The fourth-order valence-corrected chi connectivity index (χ4v) is 2.69. The van der Waals surface area contributed by atoms with Gasteiger partial charge in [0, 0.05) is 36.5 Å². The van der Waals surface area contributed by atoms with E-state index in [0.29, 0.717) is 6.04 Å². The van der Waals surface area contributed by atoms with Crippen molar-refractivity contribution in [2.24, 2.45) is 0 Å². The van der Waals surface area contributed by atoms with E-state index < -0.39 is 0 Å². The van der Waals surface area contributed by atoms with Crippen molar-refractivity contribution in [3.05, 3.63) is 23.8 Å². The number of nitrogen functional groups attached to an aromatic ring is 1. The number of hydrogen-bond donors (Lipinski definition) is 2. The summed E-state index contributed by atoms with van der Waals surface area (Å²) in [6.07, 6.45) is 4.07. The van der Waals surface area contributed by atoms with E-state index in [9.17, 15) is 0 Å². The second-order valence-electron chi connectivity index (χ2n) is 5.43. The molecule has 92 valence electrons. The number of anilines is 2. The number of hydrogen-bond acceptors (Lipinski definition) is 3. The Bertz CT molecular complexity index is 412. The molecule has 3 nitrogen and oxygen atoms in total. The summed E-state index contributed by atoms with van der Waals surface area (Å²) in [5.74, 6) is 0. The van der Waals surface area contributed by atoms with Gasteiger partial charge >= 0.3 is 0 Å². The summed E-state index contributed by atoms with van der Waals surface area (Å²) in [6, 6.07) is 7.59. The topological polar surface area (TPSA) is 41.3 Å².